The Morgan fingerprint density at radius 1 is 1.11 bits per heavy atom. The van der Waals surface area contributed by atoms with Gasteiger partial charge in [-0.3, -0.25) is 0 Å². The molecule has 0 aromatic heterocycles. The van der Waals surface area contributed by atoms with E-state index in [1.54, 1.807) is 0 Å². The summed E-state index contributed by atoms with van der Waals surface area (Å²) in [5, 5.41) is 9.55. The molecule has 0 heterocycles. The maximum atomic E-state index is 9.55. The molecular weight excluding hydrogens is 272 g/mol. The van der Waals surface area contributed by atoms with Crippen molar-refractivity contribution in [3.8, 4) is 0 Å². The van der Waals surface area contributed by atoms with E-state index in [4.69, 9.17) is 4.74 Å². The molecule has 0 saturated heterocycles. The van der Waals surface area contributed by atoms with Gasteiger partial charge < -0.3 is 29.2 Å². The molecule has 0 aliphatic heterocycles. The Morgan fingerprint density at radius 3 is 2.37 bits per heavy atom. The summed E-state index contributed by atoms with van der Waals surface area (Å²) in [6, 6.07) is 0. The van der Waals surface area contributed by atoms with E-state index in [-0.39, 0.29) is 35.5 Å². The molecule has 0 aromatic carbocycles. The minimum atomic E-state index is -0.575. The molecule has 0 radical (unpaired) electrons. The SMILES string of the molecule is [CH2-]C/C=C\CCOC(O)CCCCCCCC.[Cl-].[Mg+2]. The Morgan fingerprint density at radius 2 is 1.74 bits per heavy atom. The molecule has 1 unspecified atom stereocenters. The first-order valence-corrected chi connectivity index (χ1v) is 7.05. The molecule has 0 aromatic rings. The predicted molar refractivity (Wildman–Crippen MR) is 79.4 cm³/mol. The number of ether oxygens (including phenoxy) is 1. The third-order valence-corrected chi connectivity index (χ3v) is 2.73. The maximum absolute atomic E-state index is 9.55. The molecule has 4 heteroatoms. The second kappa shape index (κ2) is 21.0. The van der Waals surface area contributed by atoms with E-state index in [2.05, 4.69) is 13.8 Å². The Labute approximate surface area is 141 Å². The van der Waals surface area contributed by atoms with E-state index < -0.39 is 6.29 Å². The van der Waals surface area contributed by atoms with Gasteiger partial charge in [-0.25, -0.2) is 0 Å². The molecule has 110 valence electrons. The summed E-state index contributed by atoms with van der Waals surface area (Å²) < 4.78 is 5.30. The van der Waals surface area contributed by atoms with Gasteiger partial charge in [0.15, 0.2) is 6.29 Å². The number of unbranched alkanes of at least 4 members (excludes halogenated alkanes) is 5. The standard InChI is InChI=1S/C15H29O2.ClH.Mg/c1-3-5-7-9-10-11-13-15(16)17-14-12-8-6-4-2;;/h6,8,15-16H,2-5,7,9-14H2,1H3;1H;/q-1;;+2/p-1/b8-6-;;. The molecule has 0 bridgehead atoms. The van der Waals surface area contributed by atoms with Gasteiger partial charge in [-0.05, 0) is 19.3 Å². The van der Waals surface area contributed by atoms with Gasteiger partial charge in [0.25, 0.3) is 0 Å². The van der Waals surface area contributed by atoms with Gasteiger partial charge in [0.1, 0.15) is 0 Å². The smallest absolute Gasteiger partial charge is 1.00 e. The summed E-state index contributed by atoms with van der Waals surface area (Å²) in [7, 11) is 0. The topological polar surface area (TPSA) is 29.5 Å². The molecule has 0 fully saturated rings. The number of hydrogen-bond acceptors (Lipinski definition) is 2. The second-order valence-electron chi connectivity index (χ2n) is 4.43. The average molecular weight is 301 g/mol. The summed E-state index contributed by atoms with van der Waals surface area (Å²) in [5.74, 6) is 0. The Bertz CT molecular complexity index is 178. The van der Waals surface area contributed by atoms with E-state index in [9.17, 15) is 5.11 Å². The van der Waals surface area contributed by atoms with Crippen LogP contribution in [0.1, 0.15) is 64.7 Å². The van der Waals surface area contributed by atoms with Crippen LogP contribution in [0.15, 0.2) is 12.2 Å². The van der Waals surface area contributed by atoms with Crippen LogP contribution >= 0.6 is 0 Å². The normalized spacial score (nSPS) is 11.9. The van der Waals surface area contributed by atoms with Crippen LogP contribution in [-0.2, 0) is 4.74 Å². The van der Waals surface area contributed by atoms with E-state index in [1.807, 2.05) is 12.2 Å². The molecule has 2 nitrogen and oxygen atoms in total. The van der Waals surface area contributed by atoms with Gasteiger partial charge in [-0.15, -0.1) is 6.08 Å². The van der Waals surface area contributed by atoms with Crippen molar-refractivity contribution in [3.63, 3.8) is 0 Å². The van der Waals surface area contributed by atoms with Crippen LogP contribution in [0.4, 0.5) is 0 Å². The third-order valence-electron chi connectivity index (χ3n) is 2.73. The van der Waals surface area contributed by atoms with E-state index in [0.717, 1.165) is 25.7 Å². The number of aliphatic hydroxyl groups is 1. The number of hydrogen-bond donors (Lipinski definition) is 1. The van der Waals surface area contributed by atoms with Gasteiger partial charge >= 0.3 is 23.1 Å². The third kappa shape index (κ3) is 21.2. The van der Waals surface area contributed by atoms with Crippen molar-refractivity contribution in [3.05, 3.63) is 19.1 Å². The monoisotopic (exact) mass is 300 g/mol. The molecule has 1 N–H and O–H groups in total. The summed E-state index contributed by atoms with van der Waals surface area (Å²) in [5.41, 5.74) is 0. The van der Waals surface area contributed by atoms with Crippen LogP contribution in [-0.4, -0.2) is 41.1 Å². The molecule has 0 aliphatic rings. The molecule has 1 atom stereocenters. The van der Waals surface area contributed by atoms with Crippen LogP contribution < -0.4 is 12.4 Å². The van der Waals surface area contributed by atoms with E-state index >= 15 is 0 Å². The Kier molecular flexibility index (Phi) is 27.3. The molecule has 0 spiro atoms. The fraction of sp³-hybridized carbons (Fsp3) is 0.800. The summed E-state index contributed by atoms with van der Waals surface area (Å²) in [6.07, 6.45) is 13.4. The van der Waals surface area contributed by atoms with Crippen molar-refractivity contribution in [2.75, 3.05) is 6.61 Å². The largest absolute Gasteiger partial charge is 2.00 e. The fourth-order valence-electron chi connectivity index (χ4n) is 1.69. The quantitative estimate of drug-likeness (QED) is 0.190. The molecule has 0 aliphatic carbocycles. The number of aliphatic hydroxyl groups excluding tert-OH is 1. The van der Waals surface area contributed by atoms with Crippen molar-refractivity contribution >= 4 is 23.1 Å². The molecule has 0 amide bonds. The van der Waals surface area contributed by atoms with E-state index in [1.165, 1.54) is 32.1 Å². The van der Waals surface area contributed by atoms with Crippen LogP contribution in [0.5, 0.6) is 0 Å². The molecular formula is C15H29ClMgO2. The van der Waals surface area contributed by atoms with Crippen LogP contribution in [0.2, 0.25) is 0 Å². The number of rotatable bonds is 12. The van der Waals surface area contributed by atoms with Crippen molar-refractivity contribution in [2.45, 2.75) is 71.0 Å². The first kappa shape index (κ1) is 24.7. The van der Waals surface area contributed by atoms with Crippen LogP contribution in [0.3, 0.4) is 0 Å². The van der Waals surface area contributed by atoms with Gasteiger partial charge in [0.2, 0.25) is 0 Å². The molecule has 0 rings (SSSR count). The van der Waals surface area contributed by atoms with Gasteiger partial charge in [0.05, 0.1) is 6.61 Å². The van der Waals surface area contributed by atoms with Crippen LogP contribution in [0.25, 0.3) is 0 Å². The van der Waals surface area contributed by atoms with E-state index in [0.29, 0.717) is 6.61 Å². The Hall–Kier alpha value is 0.716. The first-order chi connectivity index (χ1) is 8.31. The molecule has 0 saturated carbocycles. The van der Waals surface area contributed by atoms with Crippen LogP contribution in [0, 0.1) is 6.92 Å². The van der Waals surface area contributed by atoms with Crippen molar-refractivity contribution < 1.29 is 22.3 Å². The average Bonchev–Trinajstić information content (AvgIpc) is 2.33. The maximum Gasteiger partial charge on any atom is 2.00 e. The summed E-state index contributed by atoms with van der Waals surface area (Å²) >= 11 is 0. The zero-order chi connectivity index (χ0) is 12.8. The van der Waals surface area contributed by atoms with Gasteiger partial charge in [-0.2, -0.15) is 6.42 Å². The zero-order valence-electron chi connectivity index (χ0n) is 12.5. The fourth-order valence-corrected chi connectivity index (χ4v) is 1.69. The summed E-state index contributed by atoms with van der Waals surface area (Å²) in [6.45, 7) is 6.54. The van der Waals surface area contributed by atoms with Gasteiger partial charge in [-0.1, -0.05) is 45.1 Å². The number of allylic oxidation sites excluding steroid dienone is 1. The number of halogens is 1. The minimum Gasteiger partial charge on any atom is -1.00 e. The van der Waals surface area contributed by atoms with Crippen molar-refractivity contribution in [1.82, 2.24) is 0 Å². The predicted octanol–water partition coefficient (Wildman–Crippen LogP) is 0.866. The first-order valence-electron chi connectivity index (χ1n) is 7.05. The van der Waals surface area contributed by atoms with Crippen molar-refractivity contribution in [2.24, 2.45) is 0 Å². The summed E-state index contributed by atoms with van der Waals surface area (Å²) in [4.78, 5) is 0. The van der Waals surface area contributed by atoms with Gasteiger partial charge in [0, 0.05) is 0 Å². The zero-order valence-corrected chi connectivity index (χ0v) is 14.6. The second-order valence-corrected chi connectivity index (χ2v) is 4.43. The Balaban J connectivity index is -0.00000128. The van der Waals surface area contributed by atoms with Crippen molar-refractivity contribution in [1.29, 1.82) is 0 Å². The molecule has 19 heavy (non-hydrogen) atoms. The minimum absolute atomic E-state index is 0.